The normalized spacial score (nSPS) is 23.1. The van der Waals surface area contributed by atoms with Crippen LogP contribution in [0.2, 0.25) is 5.02 Å². The monoisotopic (exact) mass is 318 g/mol. The largest absolute Gasteiger partial charge is 0.398 e. The zero-order valence-electron chi connectivity index (χ0n) is 11.0. The molecule has 1 fully saturated rings. The molecule has 0 radical (unpaired) electrons. The fourth-order valence-corrected chi connectivity index (χ4v) is 4.49. The molecule has 0 amide bonds. The highest BCUT2D eigenvalue weighted by molar-refractivity contribution is 7.89. The lowest BCUT2D eigenvalue weighted by Crippen LogP contribution is -2.32. The van der Waals surface area contributed by atoms with Gasteiger partial charge in [0.25, 0.3) is 0 Å². The second-order valence-corrected chi connectivity index (χ2v) is 7.25. The Morgan fingerprint density at radius 3 is 2.70 bits per heavy atom. The van der Waals surface area contributed by atoms with E-state index in [9.17, 15) is 13.5 Å². The van der Waals surface area contributed by atoms with Crippen molar-refractivity contribution in [2.75, 3.05) is 18.9 Å². The molecule has 0 heterocycles. The number of nitrogens with two attached hydrogens (primary N) is 1. The molecule has 1 aromatic rings. The van der Waals surface area contributed by atoms with Crippen molar-refractivity contribution in [1.82, 2.24) is 4.72 Å². The molecular weight excluding hydrogens is 300 g/mol. The summed E-state index contributed by atoms with van der Waals surface area (Å²) >= 11 is 5.93. The van der Waals surface area contributed by atoms with Gasteiger partial charge < -0.3 is 10.8 Å². The van der Waals surface area contributed by atoms with E-state index in [1.165, 1.54) is 12.1 Å². The molecule has 0 aromatic heterocycles. The highest BCUT2D eigenvalue weighted by atomic mass is 35.5. The fourth-order valence-electron chi connectivity index (χ4n) is 2.72. The Morgan fingerprint density at radius 1 is 1.35 bits per heavy atom. The van der Waals surface area contributed by atoms with Crippen LogP contribution in [0.3, 0.4) is 0 Å². The second-order valence-electron chi connectivity index (χ2n) is 5.14. The molecule has 7 heteroatoms. The highest BCUT2D eigenvalue weighted by Crippen LogP contribution is 2.32. The summed E-state index contributed by atoms with van der Waals surface area (Å²) in [6.07, 6.45) is 2.88. The van der Waals surface area contributed by atoms with Gasteiger partial charge in [0.05, 0.1) is 10.7 Å². The lowest BCUT2D eigenvalue weighted by Gasteiger charge is -2.18. The Morgan fingerprint density at radius 2 is 2.05 bits per heavy atom. The summed E-state index contributed by atoms with van der Waals surface area (Å²) in [4.78, 5) is -0.0692. The van der Waals surface area contributed by atoms with Crippen LogP contribution in [0.4, 0.5) is 5.69 Å². The van der Waals surface area contributed by atoms with Gasteiger partial charge in [-0.25, -0.2) is 13.1 Å². The van der Waals surface area contributed by atoms with Gasteiger partial charge in [0.2, 0.25) is 10.0 Å². The van der Waals surface area contributed by atoms with Crippen LogP contribution in [0.1, 0.15) is 19.3 Å². The average molecular weight is 319 g/mol. The third-order valence-corrected chi connectivity index (χ3v) is 5.82. The number of hydrogen-bond acceptors (Lipinski definition) is 4. The van der Waals surface area contributed by atoms with Gasteiger partial charge in [-0.2, -0.15) is 0 Å². The molecule has 0 bridgehead atoms. The van der Waals surface area contributed by atoms with Crippen LogP contribution in [0, 0.1) is 11.8 Å². The quantitative estimate of drug-likeness (QED) is 0.719. The van der Waals surface area contributed by atoms with Crippen molar-refractivity contribution in [2.45, 2.75) is 24.2 Å². The molecule has 1 aliphatic rings. The number of aliphatic hydroxyl groups excluding tert-OH is 1. The summed E-state index contributed by atoms with van der Waals surface area (Å²) in [6.45, 7) is 0.402. The number of hydrogen-bond donors (Lipinski definition) is 3. The molecule has 0 aliphatic heterocycles. The van der Waals surface area contributed by atoms with Crippen LogP contribution >= 0.6 is 11.6 Å². The summed E-state index contributed by atoms with van der Waals surface area (Å²) in [5.41, 5.74) is 5.84. The van der Waals surface area contributed by atoms with Crippen LogP contribution < -0.4 is 10.5 Å². The topological polar surface area (TPSA) is 92.4 Å². The molecule has 20 heavy (non-hydrogen) atoms. The first-order chi connectivity index (χ1) is 9.45. The molecule has 2 unspecified atom stereocenters. The van der Waals surface area contributed by atoms with E-state index < -0.39 is 10.0 Å². The first kappa shape index (κ1) is 15.6. The number of halogens is 1. The van der Waals surface area contributed by atoms with Gasteiger partial charge in [0, 0.05) is 13.2 Å². The molecule has 2 atom stereocenters. The molecule has 112 valence electrons. The lowest BCUT2D eigenvalue weighted by atomic mass is 9.97. The van der Waals surface area contributed by atoms with Crippen molar-refractivity contribution in [3.8, 4) is 0 Å². The first-order valence-electron chi connectivity index (χ1n) is 6.60. The van der Waals surface area contributed by atoms with E-state index in [4.69, 9.17) is 17.3 Å². The maximum Gasteiger partial charge on any atom is 0.244 e. The van der Waals surface area contributed by atoms with E-state index in [1.807, 2.05) is 0 Å². The Balaban J connectivity index is 2.12. The third kappa shape index (κ3) is 3.25. The van der Waals surface area contributed by atoms with Crippen LogP contribution in [0.5, 0.6) is 0 Å². The van der Waals surface area contributed by atoms with E-state index in [-0.39, 0.29) is 34.0 Å². The van der Waals surface area contributed by atoms with Gasteiger partial charge in [0.15, 0.2) is 0 Å². The fraction of sp³-hybridized carbons (Fsp3) is 0.538. The Labute approximate surface area is 124 Å². The van der Waals surface area contributed by atoms with E-state index in [0.717, 1.165) is 19.3 Å². The summed E-state index contributed by atoms with van der Waals surface area (Å²) in [7, 11) is -3.73. The van der Waals surface area contributed by atoms with E-state index in [2.05, 4.69) is 4.72 Å². The number of rotatable bonds is 5. The maximum atomic E-state index is 12.3. The van der Waals surface area contributed by atoms with Gasteiger partial charge in [-0.15, -0.1) is 0 Å². The predicted molar refractivity (Wildman–Crippen MR) is 79.0 cm³/mol. The minimum Gasteiger partial charge on any atom is -0.398 e. The molecule has 1 saturated carbocycles. The molecule has 1 aromatic carbocycles. The number of nitrogen functional groups attached to an aromatic ring is 1. The Kier molecular flexibility index (Phi) is 4.90. The smallest absolute Gasteiger partial charge is 0.244 e. The standard InChI is InChI=1S/C13H19ClN2O3S/c14-11-5-2-6-12(15)13(11)20(18,19)16-7-9-3-1-4-10(9)8-17/h2,5-6,9-10,16-17H,1,3-4,7-8,15H2. The summed E-state index contributed by atoms with van der Waals surface area (Å²) in [5, 5.41) is 9.37. The van der Waals surface area contributed by atoms with Crippen LogP contribution in [0.25, 0.3) is 0 Å². The molecule has 1 aliphatic carbocycles. The van der Waals surface area contributed by atoms with Crippen LogP contribution in [-0.4, -0.2) is 26.7 Å². The second kappa shape index (κ2) is 6.30. The minimum atomic E-state index is -3.73. The van der Waals surface area contributed by atoms with E-state index in [0.29, 0.717) is 6.54 Å². The zero-order valence-corrected chi connectivity index (χ0v) is 12.6. The van der Waals surface area contributed by atoms with Gasteiger partial charge >= 0.3 is 0 Å². The summed E-state index contributed by atoms with van der Waals surface area (Å²) in [6, 6.07) is 4.61. The molecular formula is C13H19ClN2O3S. The number of anilines is 1. The van der Waals surface area contributed by atoms with Crippen molar-refractivity contribution in [3.05, 3.63) is 23.2 Å². The SMILES string of the molecule is Nc1cccc(Cl)c1S(=O)(=O)NCC1CCCC1CO. The Hall–Kier alpha value is -0.820. The average Bonchev–Trinajstić information content (AvgIpc) is 2.83. The van der Waals surface area contributed by atoms with Crippen molar-refractivity contribution >= 4 is 27.3 Å². The number of benzene rings is 1. The van der Waals surface area contributed by atoms with Gasteiger partial charge in [-0.1, -0.05) is 24.1 Å². The van der Waals surface area contributed by atoms with Gasteiger partial charge in [-0.05, 0) is 36.8 Å². The van der Waals surface area contributed by atoms with Crippen molar-refractivity contribution < 1.29 is 13.5 Å². The van der Waals surface area contributed by atoms with Crippen LogP contribution in [0.15, 0.2) is 23.1 Å². The van der Waals surface area contributed by atoms with E-state index >= 15 is 0 Å². The lowest BCUT2D eigenvalue weighted by molar-refractivity contribution is 0.195. The van der Waals surface area contributed by atoms with Crippen molar-refractivity contribution in [3.63, 3.8) is 0 Å². The van der Waals surface area contributed by atoms with E-state index in [1.54, 1.807) is 6.07 Å². The first-order valence-corrected chi connectivity index (χ1v) is 8.46. The number of aliphatic hydroxyl groups is 1. The third-order valence-electron chi connectivity index (χ3n) is 3.85. The summed E-state index contributed by atoms with van der Waals surface area (Å²) in [5.74, 6) is 0.333. The predicted octanol–water partition coefficient (Wildman–Crippen LogP) is 1.61. The van der Waals surface area contributed by atoms with Crippen LogP contribution in [-0.2, 0) is 10.0 Å². The van der Waals surface area contributed by atoms with Gasteiger partial charge in [-0.3, -0.25) is 0 Å². The molecule has 0 spiro atoms. The highest BCUT2D eigenvalue weighted by Gasteiger charge is 2.29. The molecule has 4 N–H and O–H groups in total. The molecule has 0 saturated heterocycles. The number of sulfonamides is 1. The van der Waals surface area contributed by atoms with Crippen molar-refractivity contribution in [2.24, 2.45) is 11.8 Å². The number of nitrogens with one attached hydrogen (secondary N) is 1. The van der Waals surface area contributed by atoms with Gasteiger partial charge in [0.1, 0.15) is 4.90 Å². The molecule has 2 rings (SSSR count). The maximum absolute atomic E-state index is 12.3. The summed E-state index contributed by atoms with van der Waals surface area (Å²) < 4.78 is 27.1. The molecule has 5 nitrogen and oxygen atoms in total. The minimum absolute atomic E-state index is 0.0692. The van der Waals surface area contributed by atoms with Crippen molar-refractivity contribution in [1.29, 1.82) is 0 Å². The zero-order chi connectivity index (χ0) is 14.8. The Bertz CT molecular complexity index is 557.